The average Bonchev–Trinajstić information content (AvgIpc) is 2.82. The maximum atomic E-state index is 12.1. The van der Waals surface area contributed by atoms with Crippen LogP contribution in [-0.4, -0.2) is 36.0 Å². The Hall–Kier alpha value is -3.32. The van der Waals surface area contributed by atoms with Crippen LogP contribution in [0, 0.1) is 0 Å². The molecule has 2 aromatic carbocycles. The minimum Gasteiger partial charge on any atom is -0.372 e. The number of hydrogen-bond acceptors (Lipinski definition) is 6. The molecule has 1 aliphatic rings. The summed E-state index contributed by atoms with van der Waals surface area (Å²) in [6.07, 6.45) is 5.34. The molecule has 1 fully saturated rings. The van der Waals surface area contributed by atoms with Crippen molar-refractivity contribution in [2.24, 2.45) is 0 Å². The summed E-state index contributed by atoms with van der Waals surface area (Å²) in [6.45, 7) is 2.22. The molecule has 8 heteroatoms. The molecule has 4 rings (SSSR count). The number of amides is 1. The first kappa shape index (κ1) is 20.9. The van der Waals surface area contributed by atoms with E-state index in [0.29, 0.717) is 28.0 Å². The highest BCUT2D eigenvalue weighted by Crippen LogP contribution is 2.27. The molecule has 0 unspecified atom stereocenters. The van der Waals surface area contributed by atoms with E-state index in [9.17, 15) is 4.79 Å². The monoisotopic (exact) mass is 436 g/mol. The van der Waals surface area contributed by atoms with Gasteiger partial charge in [0.2, 0.25) is 5.95 Å². The molecule has 1 amide bonds. The van der Waals surface area contributed by atoms with Crippen molar-refractivity contribution in [2.45, 2.75) is 19.3 Å². The summed E-state index contributed by atoms with van der Waals surface area (Å²) < 4.78 is 0. The Morgan fingerprint density at radius 2 is 1.74 bits per heavy atom. The largest absolute Gasteiger partial charge is 0.372 e. The molecule has 0 aliphatic carbocycles. The molecular weight excluding hydrogens is 412 g/mol. The van der Waals surface area contributed by atoms with Crippen molar-refractivity contribution >= 4 is 46.3 Å². The van der Waals surface area contributed by atoms with Gasteiger partial charge in [0.15, 0.2) is 5.82 Å². The Balaban J connectivity index is 1.50. The van der Waals surface area contributed by atoms with Crippen molar-refractivity contribution in [2.75, 3.05) is 35.7 Å². The topological polar surface area (TPSA) is 82.2 Å². The van der Waals surface area contributed by atoms with Gasteiger partial charge in [0.1, 0.15) is 5.02 Å². The molecule has 0 radical (unpaired) electrons. The highest BCUT2D eigenvalue weighted by atomic mass is 35.5. The predicted molar refractivity (Wildman–Crippen MR) is 126 cm³/mol. The lowest BCUT2D eigenvalue weighted by Gasteiger charge is -2.28. The number of hydrogen-bond donors (Lipinski definition) is 3. The predicted octanol–water partition coefficient (Wildman–Crippen LogP) is 4.97. The van der Waals surface area contributed by atoms with Crippen LogP contribution in [-0.2, 0) is 0 Å². The quantitative estimate of drug-likeness (QED) is 0.506. The van der Waals surface area contributed by atoms with Crippen molar-refractivity contribution in [3.05, 3.63) is 65.3 Å². The highest BCUT2D eigenvalue weighted by Gasteiger charge is 2.13. The standard InChI is InChI=1S/C23H25ClN6O/c1-25-22(31)18-7-3-4-8-20(18)28-21-19(24)15-26-23(29-21)27-16-9-11-17(12-10-16)30-13-5-2-6-14-30/h3-4,7-12,15H,2,5-6,13-14H2,1H3,(H,25,31)(H2,26,27,28,29). The lowest BCUT2D eigenvalue weighted by Crippen LogP contribution is -2.29. The normalized spacial score (nSPS) is 13.5. The van der Waals surface area contributed by atoms with Crippen LogP contribution in [0.3, 0.4) is 0 Å². The second kappa shape index (κ2) is 9.66. The Kier molecular flexibility index (Phi) is 6.52. The van der Waals surface area contributed by atoms with Crippen LogP contribution in [0.4, 0.5) is 28.8 Å². The van der Waals surface area contributed by atoms with Crippen molar-refractivity contribution in [1.29, 1.82) is 0 Å². The number of aromatic nitrogens is 2. The second-order valence-electron chi connectivity index (χ2n) is 7.36. The average molecular weight is 437 g/mol. The molecule has 7 nitrogen and oxygen atoms in total. The zero-order valence-corrected chi connectivity index (χ0v) is 18.1. The third-order valence-corrected chi connectivity index (χ3v) is 5.52. The number of rotatable bonds is 6. The van der Waals surface area contributed by atoms with Crippen molar-refractivity contribution in [1.82, 2.24) is 15.3 Å². The molecule has 31 heavy (non-hydrogen) atoms. The van der Waals surface area contributed by atoms with Crippen LogP contribution in [0.2, 0.25) is 5.02 Å². The van der Waals surface area contributed by atoms with E-state index in [0.717, 1.165) is 18.8 Å². The van der Waals surface area contributed by atoms with Gasteiger partial charge in [-0.3, -0.25) is 4.79 Å². The molecule has 0 bridgehead atoms. The van der Waals surface area contributed by atoms with E-state index in [-0.39, 0.29) is 5.91 Å². The van der Waals surface area contributed by atoms with Crippen molar-refractivity contribution in [3.8, 4) is 0 Å². The van der Waals surface area contributed by atoms with Gasteiger partial charge in [-0.05, 0) is 55.7 Å². The van der Waals surface area contributed by atoms with Crippen LogP contribution in [0.25, 0.3) is 0 Å². The van der Waals surface area contributed by atoms with Crippen LogP contribution in [0.1, 0.15) is 29.6 Å². The molecule has 2 heterocycles. The molecule has 3 N–H and O–H groups in total. The fourth-order valence-electron chi connectivity index (χ4n) is 3.60. The van der Waals surface area contributed by atoms with E-state index in [4.69, 9.17) is 11.6 Å². The van der Waals surface area contributed by atoms with Gasteiger partial charge in [0.05, 0.1) is 17.4 Å². The minimum absolute atomic E-state index is 0.194. The van der Waals surface area contributed by atoms with Gasteiger partial charge in [-0.2, -0.15) is 4.98 Å². The summed E-state index contributed by atoms with van der Waals surface area (Å²) in [4.78, 5) is 23.3. The Bertz CT molecular complexity index is 1050. The molecule has 1 saturated heterocycles. The smallest absolute Gasteiger partial charge is 0.253 e. The van der Waals surface area contributed by atoms with Crippen LogP contribution >= 0.6 is 11.6 Å². The molecule has 1 aliphatic heterocycles. The van der Waals surface area contributed by atoms with E-state index >= 15 is 0 Å². The number of halogens is 1. The number of para-hydroxylation sites is 1. The fourth-order valence-corrected chi connectivity index (χ4v) is 3.74. The number of anilines is 5. The third-order valence-electron chi connectivity index (χ3n) is 5.24. The summed E-state index contributed by atoms with van der Waals surface area (Å²) in [5, 5.41) is 9.35. The van der Waals surface area contributed by atoms with E-state index in [1.807, 2.05) is 18.2 Å². The van der Waals surface area contributed by atoms with Gasteiger partial charge in [-0.15, -0.1) is 0 Å². The first-order chi connectivity index (χ1) is 15.1. The zero-order valence-electron chi connectivity index (χ0n) is 17.4. The maximum Gasteiger partial charge on any atom is 0.253 e. The lowest BCUT2D eigenvalue weighted by atomic mass is 10.1. The van der Waals surface area contributed by atoms with E-state index in [2.05, 4.69) is 43.0 Å². The Morgan fingerprint density at radius 3 is 2.48 bits per heavy atom. The molecule has 160 valence electrons. The first-order valence-electron chi connectivity index (χ1n) is 10.4. The molecular formula is C23H25ClN6O. The van der Waals surface area contributed by atoms with Gasteiger partial charge >= 0.3 is 0 Å². The van der Waals surface area contributed by atoms with E-state index in [1.54, 1.807) is 25.2 Å². The van der Waals surface area contributed by atoms with E-state index < -0.39 is 0 Å². The maximum absolute atomic E-state index is 12.1. The summed E-state index contributed by atoms with van der Waals surface area (Å²) in [7, 11) is 1.59. The van der Waals surface area contributed by atoms with Crippen LogP contribution < -0.4 is 20.9 Å². The van der Waals surface area contributed by atoms with Gasteiger partial charge < -0.3 is 20.9 Å². The number of carbonyl (C=O) groups is 1. The summed E-state index contributed by atoms with van der Waals surface area (Å²) >= 11 is 6.30. The molecule has 3 aromatic rings. The van der Waals surface area contributed by atoms with Crippen LogP contribution in [0.15, 0.2) is 54.7 Å². The van der Waals surface area contributed by atoms with Gasteiger partial charge in [0, 0.05) is 31.5 Å². The fraction of sp³-hybridized carbons (Fsp3) is 0.261. The highest BCUT2D eigenvalue weighted by molar-refractivity contribution is 6.33. The number of benzene rings is 2. The number of nitrogens with zero attached hydrogens (tertiary/aromatic N) is 3. The number of carbonyl (C=O) groups excluding carboxylic acids is 1. The molecule has 0 spiro atoms. The SMILES string of the molecule is CNC(=O)c1ccccc1Nc1nc(Nc2ccc(N3CCCCC3)cc2)ncc1Cl. The Morgan fingerprint density at radius 1 is 1.00 bits per heavy atom. The Labute approximate surface area is 186 Å². The van der Waals surface area contributed by atoms with E-state index in [1.165, 1.54) is 31.1 Å². The molecule has 0 atom stereocenters. The minimum atomic E-state index is -0.194. The molecule has 1 aromatic heterocycles. The zero-order chi connectivity index (χ0) is 21.6. The van der Waals surface area contributed by atoms with Gasteiger partial charge in [-0.25, -0.2) is 4.98 Å². The lowest BCUT2D eigenvalue weighted by molar-refractivity contribution is 0.0964. The summed E-state index contributed by atoms with van der Waals surface area (Å²) in [5.74, 6) is 0.635. The summed E-state index contributed by atoms with van der Waals surface area (Å²) in [6, 6.07) is 15.5. The van der Waals surface area contributed by atoms with Gasteiger partial charge in [0.25, 0.3) is 5.91 Å². The number of nitrogens with one attached hydrogen (secondary N) is 3. The first-order valence-corrected chi connectivity index (χ1v) is 10.7. The van der Waals surface area contributed by atoms with Crippen molar-refractivity contribution in [3.63, 3.8) is 0 Å². The summed E-state index contributed by atoms with van der Waals surface area (Å²) in [5.41, 5.74) is 3.23. The molecule has 0 saturated carbocycles. The number of piperidine rings is 1. The second-order valence-corrected chi connectivity index (χ2v) is 7.77. The van der Waals surface area contributed by atoms with Crippen LogP contribution in [0.5, 0.6) is 0 Å². The van der Waals surface area contributed by atoms with Gasteiger partial charge in [-0.1, -0.05) is 23.7 Å². The van der Waals surface area contributed by atoms with Crippen molar-refractivity contribution < 1.29 is 4.79 Å². The third kappa shape index (κ3) is 5.06.